The fourth-order valence-corrected chi connectivity index (χ4v) is 3.58. The predicted molar refractivity (Wildman–Crippen MR) is 80.5 cm³/mol. The van der Waals surface area contributed by atoms with E-state index in [1.54, 1.807) is 0 Å². The first-order chi connectivity index (χ1) is 9.73. The maximum atomic E-state index is 12.6. The van der Waals surface area contributed by atoms with Crippen molar-refractivity contribution in [2.24, 2.45) is 11.3 Å². The zero-order valence-corrected chi connectivity index (χ0v) is 12.9. The molecule has 2 rings (SSSR count). The maximum Gasteiger partial charge on any atom is 0.226 e. The van der Waals surface area contributed by atoms with Crippen LogP contribution in [0.1, 0.15) is 51.9 Å². The van der Waals surface area contributed by atoms with Gasteiger partial charge in [-0.1, -0.05) is 26.2 Å². The third-order valence-electron chi connectivity index (χ3n) is 5.05. The number of piperidine rings is 1. The molecule has 2 fully saturated rings. The van der Waals surface area contributed by atoms with Gasteiger partial charge in [-0.25, -0.2) is 0 Å². The van der Waals surface area contributed by atoms with Crippen LogP contribution in [0.5, 0.6) is 0 Å². The van der Waals surface area contributed by atoms with Crippen molar-refractivity contribution in [3.63, 3.8) is 0 Å². The van der Waals surface area contributed by atoms with Crippen molar-refractivity contribution in [2.45, 2.75) is 51.9 Å². The van der Waals surface area contributed by atoms with Crippen molar-refractivity contribution in [3.05, 3.63) is 0 Å². The summed E-state index contributed by atoms with van der Waals surface area (Å²) in [4.78, 5) is 14.5. The van der Waals surface area contributed by atoms with Gasteiger partial charge in [-0.15, -0.1) is 0 Å². The molecule has 0 aromatic heterocycles. The Labute approximate surface area is 122 Å². The van der Waals surface area contributed by atoms with Gasteiger partial charge < -0.3 is 15.3 Å². The van der Waals surface area contributed by atoms with Gasteiger partial charge in [0.05, 0.1) is 6.61 Å². The molecule has 1 amide bonds. The van der Waals surface area contributed by atoms with Crippen molar-refractivity contribution >= 4 is 5.91 Å². The van der Waals surface area contributed by atoms with Gasteiger partial charge in [0.1, 0.15) is 0 Å². The second-order valence-corrected chi connectivity index (χ2v) is 6.48. The molecule has 0 aromatic rings. The van der Waals surface area contributed by atoms with Crippen molar-refractivity contribution in [2.75, 3.05) is 32.8 Å². The number of amides is 1. The van der Waals surface area contributed by atoms with E-state index in [9.17, 15) is 9.90 Å². The third kappa shape index (κ3) is 3.73. The van der Waals surface area contributed by atoms with E-state index in [0.29, 0.717) is 17.9 Å². The van der Waals surface area contributed by atoms with Crippen LogP contribution in [0.25, 0.3) is 0 Å². The van der Waals surface area contributed by atoms with E-state index in [4.69, 9.17) is 0 Å². The summed E-state index contributed by atoms with van der Waals surface area (Å²) in [6.45, 7) is 5.73. The molecule has 1 atom stereocenters. The highest BCUT2D eigenvalue weighted by Crippen LogP contribution is 2.59. The largest absolute Gasteiger partial charge is 0.395 e. The predicted octanol–water partition coefficient (Wildman–Crippen LogP) is 1.78. The first-order valence-corrected chi connectivity index (χ1v) is 8.34. The molecule has 1 spiro atoms. The van der Waals surface area contributed by atoms with Crippen LogP contribution in [0.3, 0.4) is 0 Å². The van der Waals surface area contributed by atoms with Gasteiger partial charge in [-0.2, -0.15) is 0 Å². The van der Waals surface area contributed by atoms with Crippen molar-refractivity contribution in [1.29, 1.82) is 0 Å². The number of hydrogen-bond acceptors (Lipinski definition) is 3. The molecule has 1 heterocycles. The van der Waals surface area contributed by atoms with E-state index in [1.807, 2.05) is 4.90 Å². The molecule has 4 heteroatoms. The van der Waals surface area contributed by atoms with E-state index in [0.717, 1.165) is 45.3 Å². The molecule has 0 aromatic carbocycles. The Morgan fingerprint density at radius 3 is 2.65 bits per heavy atom. The van der Waals surface area contributed by atoms with E-state index in [2.05, 4.69) is 12.2 Å². The van der Waals surface area contributed by atoms with E-state index >= 15 is 0 Å². The van der Waals surface area contributed by atoms with Gasteiger partial charge in [0.2, 0.25) is 5.91 Å². The molecule has 1 saturated carbocycles. The van der Waals surface area contributed by atoms with Gasteiger partial charge in [0.25, 0.3) is 0 Å². The van der Waals surface area contributed by atoms with Gasteiger partial charge in [0, 0.05) is 19.0 Å². The Balaban J connectivity index is 1.81. The highest BCUT2D eigenvalue weighted by atomic mass is 16.3. The fourth-order valence-electron chi connectivity index (χ4n) is 3.58. The third-order valence-corrected chi connectivity index (χ3v) is 5.05. The quantitative estimate of drug-likeness (QED) is 0.667. The first kappa shape index (κ1) is 15.8. The molecule has 1 unspecified atom stereocenters. The minimum absolute atomic E-state index is 0.0841. The molecule has 1 aliphatic carbocycles. The van der Waals surface area contributed by atoms with Crippen LogP contribution >= 0.6 is 0 Å². The maximum absolute atomic E-state index is 12.6. The van der Waals surface area contributed by atoms with Crippen LogP contribution in [-0.2, 0) is 4.79 Å². The summed E-state index contributed by atoms with van der Waals surface area (Å²) in [5.41, 5.74) is 0.305. The summed E-state index contributed by atoms with van der Waals surface area (Å²) in [5.74, 6) is 0.541. The summed E-state index contributed by atoms with van der Waals surface area (Å²) in [5, 5.41) is 12.6. The lowest BCUT2D eigenvalue weighted by Crippen LogP contribution is -2.38. The number of nitrogens with one attached hydrogen (secondary N) is 1. The number of carbonyl (C=O) groups excluding carboxylic acids is 1. The second kappa shape index (κ2) is 7.41. The van der Waals surface area contributed by atoms with Crippen molar-refractivity contribution in [1.82, 2.24) is 10.2 Å². The van der Waals surface area contributed by atoms with Crippen molar-refractivity contribution < 1.29 is 9.90 Å². The summed E-state index contributed by atoms with van der Waals surface area (Å²) < 4.78 is 0. The SMILES string of the molecule is CCCCCCN(CCO)C(=O)C1CC12CCNCC2. The lowest BCUT2D eigenvalue weighted by atomic mass is 9.91. The Hall–Kier alpha value is -0.610. The number of rotatable bonds is 8. The number of aliphatic hydroxyl groups excluding tert-OH is 1. The molecule has 0 bridgehead atoms. The average molecular weight is 282 g/mol. The molecule has 4 nitrogen and oxygen atoms in total. The molecule has 1 aliphatic heterocycles. The minimum Gasteiger partial charge on any atom is -0.395 e. The number of hydrogen-bond donors (Lipinski definition) is 2. The molecule has 0 radical (unpaired) electrons. The van der Waals surface area contributed by atoms with E-state index < -0.39 is 0 Å². The summed E-state index contributed by atoms with van der Waals surface area (Å²) in [7, 11) is 0. The highest BCUT2D eigenvalue weighted by molar-refractivity contribution is 5.82. The van der Waals surface area contributed by atoms with E-state index in [-0.39, 0.29) is 12.5 Å². The normalized spacial score (nSPS) is 23.8. The van der Waals surface area contributed by atoms with Gasteiger partial charge in [0.15, 0.2) is 0 Å². The Kier molecular flexibility index (Phi) is 5.85. The molecular formula is C16H30N2O2. The number of unbranched alkanes of at least 4 members (excludes halogenated alkanes) is 3. The zero-order chi connectivity index (χ0) is 14.4. The Bertz CT molecular complexity index is 314. The summed E-state index contributed by atoms with van der Waals surface area (Å²) in [6.07, 6.45) is 8.07. The second-order valence-electron chi connectivity index (χ2n) is 6.48. The zero-order valence-electron chi connectivity index (χ0n) is 12.9. The van der Waals surface area contributed by atoms with Crippen LogP contribution in [-0.4, -0.2) is 48.7 Å². The van der Waals surface area contributed by atoms with Crippen LogP contribution in [0.2, 0.25) is 0 Å². The van der Waals surface area contributed by atoms with Crippen LogP contribution in [0.4, 0.5) is 0 Å². The molecule has 116 valence electrons. The van der Waals surface area contributed by atoms with Gasteiger partial charge in [-0.05, 0) is 44.2 Å². The molecule has 2 N–H and O–H groups in total. The number of nitrogens with zero attached hydrogens (tertiary/aromatic N) is 1. The Morgan fingerprint density at radius 2 is 2.00 bits per heavy atom. The van der Waals surface area contributed by atoms with Crippen LogP contribution in [0.15, 0.2) is 0 Å². The lowest BCUT2D eigenvalue weighted by molar-refractivity contribution is -0.134. The minimum atomic E-state index is 0.0841. The van der Waals surface area contributed by atoms with Crippen LogP contribution < -0.4 is 5.32 Å². The topological polar surface area (TPSA) is 52.6 Å². The van der Waals surface area contributed by atoms with E-state index in [1.165, 1.54) is 19.3 Å². The Morgan fingerprint density at radius 1 is 1.25 bits per heavy atom. The average Bonchev–Trinajstić information content (AvgIpc) is 3.15. The monoisotopic (exact) mass is 282 g/mol. The van der Waals surface area contributed by atoms with Crippen molar-refractivity contribution in [3.8, 4) is 0 Å². The van der Waals surface area contributed by atoms with Gasteiger partial charge in [-0.3, -0.25) is 4.79 Å². The fraction of sp³-hybridized carbons (Fsp3) is 0.938. The number of aliphatic hydroxyl groups is 1. The molecule has 1 saturated heterocycles. The molecule has 2 aliphatic rings. The van der Waals surface area contributed by atoms with Gasteiger partial charge >= 0.3 is 0 Å². The summed E-state index contributed by atoms with van der Waals surface area (Å²) in [6, 6.07) is 0. The molecule has 20 heavy (non-hydrogen) atoms. The first-order valence-electron chi connectivity index (χ1n) is 8.34. The molecular weight excluding hydrogens is 252 g/mol. The standard InChI is InChI=1S/C16H30N2O2/c1-2-3-4-5-10-18(11-12-19)15(20)14-13-16(14)6-8-17-9-7-16/h14,17,19H,2-13H2,1H3. The van der Waals surface area contributed by atoms with Crippen LogP contribution in [0, 0.1) is 11.3 Å². The smallest absolute Gasteiger partial charge is 0.226 e. The number of carbonyl (C=O) groups is 1. The highest BCUT2D eigenvalue weighted by Gasteiger charge is 2.58. The summed E-state index contributed by atoms with van der Waals surface area (Å²) >= 11 is 0. The lowest BCUT2D eigenvalue weighted by Gasteiger charge is -2.26.